The summed E-state index contributed by atoms with van der Waals surface area (Å²) >= 11 is 0. The number of nitrogens with two attached hydrogens (primary N) is 1. The Morgan fingerprint density at radius 1 is 1.25 bits per heavy atom. The summed E-state index contributed by atoms with van der Waals surface area (Å²) < 4.78 is 38.2. The highest BCUT2D eigenvalue weighted by molar-refractivity contribution is 5.83. The number of rotatable bonds is 2. The van der Waals surface area contributed by atoms with Gasteiger partial charge in [-0.3, -0.25) is 0 Å². The van der Waals surface area contributed by atoms with E-state index >= 15 is 0 Å². The molecule has 1 aromatic carbocycles. The van der Waals surface area contributed by atoms with Gasteiger partial charge in [-0.1, -0.05) is 18.2 Å². The molecule has 0 fully saturated rings. The topological polar surface area (TPSA) is 41.8 Å². The predicted octanol–water partition coefficient (Wildman–Crippen LogP) is 2.77. The zero-order chi connectivity index (χ0) is 11.8. The smallest absolute Gasteiger partial charge is 0.361 e. The van der Waals surface area contributed by atoms with Crippen molar-refractivity contribution in [3.05, 3.63) is 36.0 Å². The molecule has 0 saturated heterocycles. The van der Waals surface area contributed by atoms with Crippen LogP contribution >= 0.6 is 0 Å². The maximum atomic E-state index is 12.7. The molecule has 2 nitrogen and oxygen atoms in total. The molecule has 1 unspecified atom stereocenters. The van der Waals surface area contributed by atoms with Crippen LogP contribution in [0.5, 0.6) is 0 Å². The Morgan fingerprint density at radius 2 is 1.94 bits per heavy atom. The van der Waals surface area contributed by atoms with Crippen molar-refractivity contribution in [2.45, 2.75) is 12.1 Å². The lowest BCUT2D eigenvalue weighted by molar-refractivity contribution is -0.147. The number of aromatic nitrogens is 1. The lowest BCUT2D eigenvalue weighted by Crippen LogP contribution is -2.27. The molecular formula is C11H11F3N2. The number of benzene rings is 1. The van der Waals surface area contributed by atoms with Crippen molar-refractivity contribution < 1.29 is 13.2 Å². The maximum absolute atomic E-state index is 12.7. The van der Waals surface area contributed by atoms with Gasteiger partial charge in [-0.15, -0.1) is 0 Å². The van der Waals surface area contributed by atoms with Crippen molar-refractivity contribution in [3.63, 3.8) is 0 Å². The van der Waals surface area contributed by atoms with Crippen molar-refractivity contribution in [2.75, 3.05) is 6.54 Å². The number of halogens is 3. The molecule has 0 spiro atoms. The third-order valence-electron chi connectivity index (χ3n) is 2.63. The summed E-state index contributed by atoms with van der Waals surface area (Å²) in [5, 5.41) is 0.579. The highest BCUT2D eigenvalue weighted by atomic mass is 19.4. The van der Waals surface area contributed by atoms with Crippen LogP contribution in [0.1, 0.15) is 11.5 Å². The van der Waals surface area contributed by atoms with E-state index in [1.54, 1.807) is 24.3 Å². The lowest BCUT2D eigenvalue weighted by atomic mass is 9.98. The number of alkyl halides is 3. The molecule has 5 heteroatoms. The molecule has 0 aliphatic heterocycles. The van der Waals surface area contributed by atoms with Gasteiger partial charge in [0.05, 0.1) is 5.92 Å². The second-order valence-corrected chi connectivity index (χ2v) is 3.62. The van der Waals surface area contributed by atoms with Crippen molar-refractivity contribution in [2.24, 2.45) is 5.73 Å². The lowest BCUT2D eigenvalue weighted by Gasteiger charge is -2.17. The van der Waals surface area contributed by atoms with E-state index in [4.69, 9.17) is 5.73 Å². The zero-order valence-corrected chi connectivity index (χ0v) is 8.38. The second kappa shape index (κ2) is 3.83. The minimum absolute atomic E-state index is 0.214. The summed E-state index contributed by atoms with van der Waals surface area (Å²) in [6.45, 7) is -0.439. The molecule has 1 aromatic heterocycles. The molecule has 86 valence electrons. The van der Waals surface area contributed by atoms with Crippen LogP contribution in [0, 0.1) is 0 Å². The third-order valence-corrected chi connectivity index (χ3v) is 2.63. The summed E-state index contributed by atoms with van der Waals surface area (Å²) in [5.41, 5.74) is 6.12. The van der Waals surface area contributed by atoms with E-state index in [1.807, 2.05) is 0 Å². The average molecular weight is 228 g/mol. The fraction of sp³-hybridized carbons (Fsp3) is 0.273. The Labute approximate surface area is 90.3 Å². The number of nitrogens with one attached hydrogen (secondary N) is 1. The van der Waals surface area contributed by atoms with Crippen LogP contribution in [-0.2, 0) is 0 Å². The van der Waals surface area contributed by atoms with Crippen LogP contribution in [0.25, 0.3) is 10.9 Å². The van der Waals surface area contributed by atoms with Gasteiger partial charge in [0.1, 0.15) is 0 Å². The average Bonchev–Trinajstić information content (AvgIpc) is 2.61. The quantitative estimate of drug-likeness (QED) is 0.815. The predicted molar refractivity (Wildman–Crippen MR) is 56.1 cm³/mol. The Bertz CT molecular complexity index is 487. The van der Waals surface area contributed by atoms with Crippen LogP contribution < -0.4 is 5.73 Å². The highest BCUT2D eigenvalue weighted by Crippen LogP contribution is 2.37. The van der Waals surface area contributed by atoms with Gasteiger partial charge in [-0.2, -0.15) is 13.2 Å². The fourth-order valence-corrected chi connectivity index (χ4v) is 1.82. The van der Waals surface area contributed by atoms with Gasteiger partial charge >= 0.3 is 6.18 Å². The molecule has 0 aliphatic carbocycles. The number of hydrogen-bond donors (Lipinski definition) is 2. The van der Waals surface area contributed by atoms with E-state index in [-0.39, 0.29) is 5.56 Å². The van der Waals surface area contributed by atoms with Crippen LogP contribution in [0.4, 0.5) is 13.2 Å². The van der Waals surface area contributed by atoms with E-state index in [2.05, 4.69) is 4.98 Å². The van der Waals surface area contributed by atoms with Crippen LogP contribution in [0.15, 0.2) is 30.5 Å². The molecule has 1 heterocycles. The first-order chi connectivity index (χ1) is 7.54. The summed E-state index contributed by atoms with van der Waals surface area (Å²) in [6.07, 6.45) is -2.92. The van der Waals surface area contributed by atoms with Gasteiger partial charge < -0.3 is 10.7 Å². The Balaban J connectivity index is 2.54. The van der Waals surface area contributed by atoms with E-state index in [0.29, 0.717) is 10.9 Å². The molecule has 3 N–H and O–H groups in total. The fourth-order valence-electron chi connectivity index (χ4n) is 1.82. The second-order valence-electron chi connectivity index (χ2n) is 3.62. The number of H-pyrrole nitrogens is 1. The van der Waals surface area contributed by atoms with Gasteiger partial charge in [0.15, 0.2) is 0 Å². The van der Waals surface area contributed by atoms with Crippen molar-refractivity contribution in [1.29, 1.82) is 0 Å². The minimum atomic E-state index is -4.31. The molecular weight excluding hydrogens is 217 g/mol. The monoisotopic (exact) mass is 228 g/mol. The molecule has 0 radical (unpaired) electrons. The van der Waals surface area contributed by atoms with Gasteiger partial charge in [-0.25, -0.2) is 0 Å². The van der Waals surface area contributed by atoms with E-state index in [0.717, 1.165) is 0 Å². The third kappa shape index (κ3) is 1.78. The first kappa shape index (κ1) is 11.0. The largest absolute Gasteiger partial charge is 0.397 e. The summed E-state index contributed by atoms with van der Waals surface area (Å²) in [7, 11) is 0. The maximum Gasteiger partial charge on any atom is 0.397 e. The number of hydrogen-bond acceptors (Lipinski definition) is 1. The van der Waals surface area contributed by atoms with E-state index in [1.165, 1.54) is 6.20 Å². The standard InChI is InChI=1S/C11H11F3N2/c12-11(13,14)9(5-15)8-6-16-10-4-2-1-3-7(8)10/h1-4,6,9,16H,5,15H2. The summed E-state index contributed by atoms with van der Waals surface area (Å²) in [5.74, 6) is -1.61. The van der Waals surface area contributed by atoms with Crippen LogP contribution in [0.3, 0.4) is 0 Å². The number of para-hydroxylation sites is 1. The molecule has 0 aliphatic rings. The Hall–Kier alpha value is -1.49. The molecule has 0 bridgehead atoms. The van der Waals surface area contributed by atoms with Gasteiger partial charge in [0, 0.05) is 23.6 Å². The van der Waals surface area contributed by atoms with Gasteiger partial charge in [0.25, 0.3) is 0 Å². The molecule has 0 saturated carbocycles. The molecule has 2 aromatic rings. The normalized spacial score (nSPS) is 14.2. The van der Waals surface area contributed by atoms with Gasteiger partial charge in [-0.05, 0) is 11.6 Å². The molecule has 16 heavy (non-hydrogen) atoms. The Kier molecular flexibility index (Phi) is 2.63. The molecule has 1 atom stereocenters. The van der Waals surface area contributed by atoms with E-state index in [9.17, 15) is 13.2 Å². The van der Waals surface area contributed by atoms with E-state index < -0.39 is 18.6 Å². The zero-order valence-electron chi connectivity index (χ0n) is 8.38. The van der Waals surface area contributed by atoms with Crippen molar-refractivity contribution in [3.8, 4) is 0 Å². The van der Waals surface area contributed by atoms with Crippen LogP contribution in [-0.4, -0.2) is 17.7 Å². The van der Waals surface area contributed by atoms with Crippen LogP contribution in [0.2, 0.25) is 0 Å². The minimum Gasteiger partial charge on any atom is -0.361 e. The SMILES string of the molecule is NCC(c1c[nH]c2ccccc12)C(F)(F)F. The molecule has 2 rings (SSSR count). The summed E-state index contributed by atoms with van der Waals surface area (Å²) in [6, 6.07) is 6.88. The number of fused-ring (bicyclic) bond motifs is 1. The number of aromatic amines is 1. The molecule has 0 amide bonds. The highest BCUT2D eigenvalue weighted by Gasteiger charge is 2.40. The van der Waals surface area contributed by atoms with Gasteiger partial charge in [0.2, 0.25) is 0 Å². The summed E-state index contributed by atoms with van der Waals surface area (Å²) in [4.78, 5) is 2.82. The van der Waals surface area contributed by atoms with Crippen molar-refractivity contribution >= 4 is 10.9 Å². The van der Waals surface area contributed by atoms with Crippen molar-refractivity contribution in [1.82, 2.24) is 4.98 Å². The Morgan fingerprint density at radius 3 is 2.56 bits per heavy atom. The first-order valence-corrected chi connectivity index (χ1v) is 4.87. The first-order valence-electron chi connectivity index (χ1n) is 4.87.